The van der Waals surface area contributed by atoms with Crippen LogP contribution >= 0.6 is 35.1 Å². The average Bonchev–Trinajstić information content (AvgIpc) is 1.82. The minimum Gasteiger partial charge on any atom is -0.194 e. The van der Waals surface area contributed by atoms with E-state index in [1.807, 2.05) is 0 Å². The Morgan fingerprint density at radius 2 is 1.92 bits per heavy atom. The van der Waals surface area contributed by atoms with Gasteiger partial charge in [-0.25, -0.2) is 0 Å². The summed E-state index contributed by atoms with van der Waals surface area (Å²) in [5.41, 5.74) is 0. The Morgan fingerprint density at radius 1 is 1.50 bits per heavy atom. The number of nitrogens with one attached hydrogen (secondary N) is 1. The molecule has 4 nitrogen and oxygen atoms in total. The Hall–Kier alpha value is 0.730. The molecule has 0 rings (SSSR count). The standard InChI is InChI=1S/C3H7Cl2FN2O2S2/c1-8(2)12(9,10)7-11-3(4,5)6/h7H,1-2H3. The van der Waals surface area contributed by atoms with Crippen LogP contribution in [0.1, 0.15) is 0 Å². The van der Waals surface area contributed by atoms with E-state index in [0.717, 1.165) is 4.31 Å². The van der Waals surface area contributed by atoms with Gasteiger partial charge in [-0.3, -0.25) is 0 Å². The molecule has 0 radical (unpaired) electrons. The Labute approximate surface area is 84.7 Å². The van der Waals surface area contributed by atoms with Gasteiger partial charge in [0, 0.05) is 26.0 Å². The lowest BCUT2D eigenvalue weighted by Crippen LogP contribution is -2.33. The van der Waals surface area contributed by atoms with Gasteiger partial charge in [0.1, 0.15) is 0 Å². The van der Waals surface area contributed by atoms with Crippen molar-refractivity contribution >= 4 is 45.4 Å². The molecule has 0 fully saturated rings. The minimum atomic E-state index is -3.69. The third kappa shape index (κ3) is 5.39. The van der Waals surface area contributed by atoms with Crippen molar-refractivity contribution in [1.82, 2.24) is 8.43 Å². The summed E-state index contributed by atoms with van der Waals surface area (Å²) in [4.78, 5) is 0. The van der Waals surface area contributed by atoms with Gasteiger partial charge >= 0.3 is 3.92 Å². The van der Waals surface area contributed by atoms with E-state index in [0.29, 0.717) is 0 Å². The molecule has 0 aliphatic heterocycles. The summed E-state index contributed by atoms with van der Waals surface area (Å²) in [5.74, 6) is 0. The van der Waals surface area contributed by atoms with Crippen LogP contribution in [0.3, 0.4) is 0 Å². The second kappa shape index (κ2) is 4.30. The predicted octanol–water partition coefficient (Wildman–Crippen LogP) is 1.09. The van der Waals surface area contributed by atoms with Gasteiger partial charge in [-0.15, -0.1) is 4.13 Å². The normalized spacial score (nSPS) is 13.8. The maximum Gasteiger partial charge on any atom is 0.319 e. The van der Waals surface area contributed by atoms with E-state index in [1.165, 1.54) is 14.1 Å². The van der Waals surface area contributed by atoms with Crippen LogP contribution in [0.5, 0.6) is 0 Å². The Bertz CT molecular complexity index is 237. The molecule has 0 bridgehead atoms. The second-order valence-electron chi connectivity index (χ2n) is 1.92. The molecule has 0 atom stereocenters. The van der Waals surface area contributed by atoms with E-state index in [-0.39, 0.29) is 11.9 Å². The molecule has 0 aromatic carbocycles. The summed E-state index contributed by atoms with van der Waals surface area (Å²) in [5, 5.41) is 0. The Morgan fingerprint density at radius 3 is 2.17 bits per heavy atom. The summed E-state index contributed by atoms with van der Waals surface area (Å²) < 4.78 is 34.1. The SMILES string of the molecule is CN(C)S(=O)(=O)NSC(F)(Cl)Cl. The number of rotatable bonds is 4. The largest absolute Gasteiger partial charge is 0.319 e. The molecule has 0 saturated carbocycles. The Kier molecular flexibility index (Phi) is 4.56. The van der Waals surface area contributed by atoms with Gasteiger partial charge in [-0.1, -0.05) is 23.2 Å². The minimum absolute atomic E-state index is 0.0534. The van der Waals surface area contributed by atoms with Crippen LogP contribution in [0, 0.1) is 0 Å². The summed E-state index contributed by atoms with van der Waals surface area (Å²) in [6.07, 6.45) is 0. The molecule has 0 aliphatic carbocycles. The molecule has 0 heterocycles. The van der Waals surface area contributed by atoms with Crippen LogP contribution in [0.15, 0.2) is 0 Å². The quantitative estimate of drug-likeness (QED) is 0.605. The molecule has 74 valence electrons. The van der Waals surface area contributed by atoms with Crippen molar-refractivity contribution in [3.05, 3.63) is 0 Å². The summed E-state index contributed by atoms with van der Waals surface area (Å²) in [6.45, 7) is 0. The van der Waals surface area contributed by atoms with Crippen LogP contribution in [-0.4, -0.2) is 30.7 Å². The lowest BCUT2D eigenvalue weighted by atomic mass is 11.3. The highest BCUT2D eigenvalue weighted by Gasteiger charge is 2.27. The van der Waals surface area contributed by atoms with Crippen LogP contribution in [0.25, 0.3) is 0 Å². The van der Waals surface area contributed by atoms with Crippen LogP contribution in [0.2, 0.25) is 0 Å². The molecule has 0 amide bonds. The molecule has 0 saturated heterocycles. The zero-order valence-electron chi connectivity index (χ0n) is 6.21. The number of nitrogens with zero attached hydrogens (tertiary/aromatic N) is 1. The molecular formula is C3H7Cl2FN2O2S2. The van der Waals surface area contributed by atoms with E-state index in [9.17, 15) is 12.8 Å². The number of hydrogen-bond acceptors (Lipinski definition) is 3. The van der Waals surface area contributed by atoms with Crippen molar-refractivity contribution in [1.29, 1.82) is 0 Å². The van der Waals surface area contributed by atoms with E-state index < -0.39 is 14.1 Å². The molecule has 12 heavy (non-hydrogen) atoms. The average molecular weight is 257 g/mol. The van der Waals surface area contributed by atoms with E-state index in [4.69, 9.17) is 23.2 Å². The van der Waals surface area contributed by atoms with Crippen LogP contribution in [0.4, 0.5) is 4.39 Å². The lowest BCUT2D eigenvalue weighted by molar-refractivity contribution is 0.507. The first-order chi connectivity index (χ1) is 5.15. The Balaban J connectivity index is 4.12. The van der Waals surface area contributed by atoms with Gasteiger partial charge in [-0.05, 0) is 0 Å². The van der Waals surface area contributed by atoms with Crippen molar-refractivity contribution < 1.29 is 12.8 Å². The molecule has 0 aromatic rings. The van der Waals surface area contributed by atoms with Crippen molar-refractivity contribution in [2.45, 2.75) is 3.92 Å². The van der Waals surface area contributed by atoms with Gasteiger partial charge in [0.25, 0.3) is 10.2 Å². The molecule has 0 spiro atoms. The van der Waals surface area contributed by atoms with Gasteiger partial charge in [0.15, 0.2) is 0 Å². The highest BCUT2D eigenvalue weighted by Crippen LogP contribution is 2.34. The molecule has 9 heteroatoms. The van der Waals surface area contributed by atoms with Crippen molar-refractivity contribution in [2.75, 3.05) is 14.1 Å². The van der Waals surface area contributed by atoms with Gasteiger partial charge < -0.3 is 0 Å². The highest BCUT2D eigenvalue weighted by molar-refractivity contribution is 8.10. The van der Waals surface area contributed by atoms with E-state index in [1.54, 1.807) is 4.13 Å². The molecule has 1 N–H and O–H groups in total. The maximum atomic E-state index is 12.3. The second-order valence-corrected chi connectivity index (χ2v) is 6.72. The maximum absolute atomic E-state index is 12.3. The van der Waals surface area contributed by atoms with Gasteiger partial charge in [0.05, 0.1) is 0 Å². The van der Waals surface area contributed by atoms with Crippen molar-refractivity contribution in [3.63, 3.8) is 0 Å². The number of alkyl halides is 3. The smallest absolute Gasteiger partial charge is 0.194 e. The third-order valence-corrected chi connectivity index (χ3v) is 3.58. The fourth-order valence-electron chi connectivity index (χ4n) is 0.174. The first-order valence-electron chi connectivity index (χ1n) is 2.59. The fourth-order valence-corrected chi connectivity index (χ4v) is 2.14. The topological polar surface area (TPSA) is 49.4 Å². The summed E-state index contributed by atoms with van der Waals surface area (Å²) in [6, 6.07) is 0. The molecular weight excluding hydrogens is 250 g/mol. The first-order valence-corrected chi connectivity index (χ1v) is 5.60. The van der Waals surface area contributed by atoms with Crippen molar-refractivity contribution in [2.24, 2.45) is 0 Å². The number of halogens is 3. The zero-order valence-corrected chi connectivity index (χ0v) is 9.36. The van der Waals surface area contributed by atoms with Crippen LogP contribution < -0.4 is 4.13 Å². The highest BCUT2D eigenvalue weighted by atomic mass is 35.5. The van der Waals surface area contributed by atoms with Gasteiger partial charge in [0.2, 0.25) is 0 Å². The zero-order chi connectivity index (χ0) is 9.99. The lowest BCUT2D eigenvalue weighted by Gasteiger charge is -2.13. The van der Waals surface area contributed by atoms with Gasteiger partial charge in [-0.2, -0.15) is 17.1 Å². The van der Waals surface area contributed by atoms with Crippen LogP contribution in [-0.2, 0) is 10.2 Å². The van der Waals surface area contributed by atoms with E-state index >= 15 is 0 Å². The molecule has 0 aliphatic rings. The number of hydrogen-bond donors (Lipinski definition) is 1. The fraction of sp³-hybridized carbons (Fsp3) is 1.00. The summed E-state index contributed by atoms with van der Waals surface area (Å²) in [7, 11) is -1.13. The molecule has 0 aromatic heterocycles. The predicted molar refractivity (Wildman–Crippen MR) is 48.9 cm³/mol. The summed E-state index contributed by atoms with van der Waals surface area (Å²) >= 11 is 9.77. The van der Waals surface area contributed by atoms with E-state index in [2.05, 4.69) is 0 Å². The molecule has 0 unspecified atom stereocenters. The van der Waals surface area contributed by atoms with Crippen molar-refractivity contribution in [3.8, 4) is 0 Å². The third-order valence-electron chi connectivity index (χ3n) is 0.743. The monoisotopic (exact) mass is 256 g/mol. The first kappa shape index (κ1) is 12.7.